The van der Waals surface area contributed by atoms with Gasteiger partial charge in [0.05, 0.1) is 24.2 Å². The SMILES string of the molecule is CCOC(=O)c1c(N)sc(C(=O)NC)c1CN(C)Cc1ccc(OC)c(F)c1. The van der Waals surface area contributed by atoms with Gasteiger partial charge in [-0.15, -0.1) is 11.3 Å². The molecule has 1 aromatic heterocycles. The van der Waals surface area contributed by atoms with Gasteiger partial charge in [-0.3, -0.25) is 9.69 Å². The summed E-state index contributed by atoms with van der Waals surface area (Å²) in [5.41, 5.74) is 7.43. The molecule has 0 spiro atoms. The van der Waals surface area contributed by atoms with E-state index in [1.807, 2.05) is 4.90 Å². The smallest absolute Gasteiger partial charge is 0.341 e. The first-order valence-corrected chi connectivity index (χ1v) is 9.45. The summed E-state index contributed by atoms with van der Waals surface area (Å²) in [6.07, 6.45) is 0. The zero-order chi connectivity index (χ0) is 20.8. The number of rotatable bonds is 8. The lowest BCUT2D eigenvalue weighted by Crippen LogP contribution is -2.23. The van der Waals surface area contributed by atoms with Crippen LogP contribution in [0.3, 0.4) is 0 Å². The molecule has 0 unspecified atom stereocenters. The fourth-order valence-electron chi connectivity index (χ4n) is 2.81. The average molecular weight is 409 g/mol. The van der Waals surface area contributed by atoms with Crippen molar-refractivity contribution in [2.24, 2.45) is 0 Å². The molecule has 0 radical (unpaired) electrons. The molecule has 152 valence electrons. The zero-order valence-corrected chi connectivity index (χ0v) is 17.1. The Morgan fingerprint density at radius 1 is 1.32 bits per heavy atom. The normalized spacial score (nSPS) is 10.8. The molecule has 0 saturated heterocycles. The van der Waals surface area contributed by atoms with Gasteiger partial charge in [0.2, 0.25) is 0 Å². The molecule has 0 fully saturated rings. The molecule has 3 N–H and O–H groups in total. The van der Waals surface area contributed by atoms with Crippen molar-refractivity contribution in [3.05, 3.63) is 45.6 Å². The molecule has 1 aromatic carbocycles. The predicted molar refractivity (Wildman–Crippen MR) is 106 cm³/mol. The first-order valence-electron chi connectivity index (χ1n) is 8.63. The van der Waals surface area contributed by atoms with E-state index in [9.17, 15) is 14.0 Å². The van der Waals surface area contributed by atoms with Gasteiger partial charge in [0, 0.05) is 25.7 Å². The van der Waals surface area contributed by atoms with E-state index < -0.39 is 11.8 Å². The van der Waals surface area contributed by atoms with E-state index >= 15 is 0 Å². The molecular weight excluding hydrogens is 385 g/mol. The Hall–Kier alpha value is -2.65. The summed E-state index contributed by atoms with van der Waals surface area (Å²) in [7, 11) is 4.72. The second-order valence-electron chi connectivity index (χ2n) is 6.09. The minimum atomic E-state index is -0.565. The Labute approximate surface area is 167 Å². The van der Waals surface area contributed by atoms with Gasteiger partial charge in [-0.1, -0.05) is 6.07 Å². The van der Waals surface area contributed by atoms with Crippen LogP contribution in [0.2, 0.25) is 0 Å². The number of nitrogen functional groups attached to an aromatic ring is 1. The van der Waals surface area contributed by atoms with Gasteiger partial charge in [0.1, 0.15) is 5.00 Å². The Kier molecular flexibility index (Phi) is 7.36. The van der Waals surface area contributed by atoms with E-state index in [1.165, 1.54) is 20.2 Å². The summed E-state index contributed by atoms with van der Waals surface area (Å²) in [6, 6.07) is 4.70. The van der Waals surface area contributed by atoms with E-state index in [-0.39, 0.29) is 35.4 Å². The monoisotopic (exact) mass is 409 g/mol. The third-order valence-electron chi connectivity index (χ3n) is 4.04. The summed E-state index contributed by atoms with van der Waals surface area (Å²) >= 11 is 1.05. The zero-order valence-electron chi connectivity index (χ0n) is 16.3. The lowest BCUT2D eigenvalue weighted by atomic mass is 10.1. The third-order valence-corrected chi connectivity index (χ3v) is 5.10. The summed E-state index contributed by atoms with van der Waals surface area (Å²) in [5.74, 6) is -1.17. The first kappa shape index (κ1) is 21.6. The van der Waals surface area contributed by atoms with Crippen molar-refractivity contribution < 1.29 is 23.5 Å². The number of carbonyl (C=O) groups is 2. The molecule has 2 aromatic rings. The summed E-state index contributed by atoms with van der Waals surface area (Å²) in [5, 5.41) is 2.79. The van der Waals surface area contributed by atoms with Gasteiger partial charge in [0.25, 0.3) is 5.91 Å². The number of methoxy groups -OCH3 is 1. The molecule has 0 bridgehead atoms. The highest BCUT2D eigenvalue weighted by molar-refractivity contribution is 7.18. The molecule has 0 aliphatic heterocycles. The van der Waals surface area contributed by atoms with Gasteiger partial charge in [-0.2, -0.15) is 0 Å². The predicted octanol–water partition coefficient (Wildman–Crippen LogP) is 2.65. The Balaban J connectivity index is 2.31. The number of thiophene rings is 1. The van der Waals surface area contributed by atoms with E-state index in [1.54, 1.807) is 26.1 Å². The molecule has 0 aliphatic rings. The van der Waals surface area contributed by atoms with Crippen molar-refractivity contribution in [1.29, 1.82) is 0 Å². The van der Waals surface area contributed by atoms with Crippen molar-refractivity contribution in [3.8, 4) is 5.75 Å². The van der Waals surface area contributed by atoms with Crippen LogP contribution < -0.4 is 15.8 Å². The maximum Gasteiger partial charge on any atom is 0.341 e. The van der Waals surface area contributed by atoms with Gasteiger partial charge in [0.15, 0.2) is 11.6 Å². The Morgan fingerprint density at radius 2 is 2.04 bits per heavy atom. The van der Waals surface area contributed by atoms with Crippen LogP contribution in [0.4, 0.5) is 9.39 Å². The third kappa shape index (κ3) is 4.79. The number of nitrogens with two attached hydrogens (primary N) is 1. The molecular formula is C19H24FN3O4S. The number of anilines is 1. The highest BCUT2D eigenvalue weighted by Crippen LogP contribution is 2.33. The van der Waals surface area contributed by atoms with E-state index in [0.717, 1.165) is 16.9 Å². The standard InChI is InChI=1S/C19H24FN3O4S/c1-5-27-19(25)15-12(16(18(24)22-2)28-17(15)21)10-23(3)9-11-6-7-14(26-4)13(20)8-11/h6-8H,5,9-10,21H2,1-4H3,(H,22,24). The van der Waals surface area contributed by atoms with Crippen LogP contribution in [-0.2, 0) is 17.8 Å². The number of amides is 1. The van der Waals surface area contributed by atoms with Gasteiger partial charge >= 0.3 is 5.97 Å². The first-order chi connectivity index (χ1) is 13.3. The molecule has 1 amide bonds. The maximum absolute atomic E-state index is 13.9. The molecule has 1 heterocycles. The van der Waals surface area contributed by atoms with Crippen molar-refractivity contribution in [2.75, 3.05) is 33.5 Å². The topological polar surface area (TPSA) is 93.9 Å². The maximum atomic E-state index is 13.9. The number of carbonyl (C=O) groups excluding carboxylic acids is 2. The van der Waals surface area contributed by atoms with Crippen LogP contribution in [0.1, 0.15) is 38.1 Å². The van der Waals surface area contributed by atoms with E-state index in [0.29, 0.717) is 17.0 Å². The fraction of sp³-hybridized carbons (Fsp3) is 0.368. The molecule has 28 heavy (non-hydrogen) atoms. The highest BCUT2D eigenvalue weighted by Gasteiger charge is 2.27. The lowest BCUT2D eigenvalue weighted by molar-refractivity contribution is 0.0526. The van der Waals surface area contributed by atoms with Gasteiger partial charge < -0.3 is 20.5 Å². The average Bonchev–Trinajstić information content (AvgIpc) is 2.97. The van der Waals surface area contributed by atoms with Crippen molar-refractivity contribution >= 4 is 28.2 Å². The van der Waals surface area contributed by atoms with Crippen LogP contribution in [0.15, 0.2) is 18.2 Å². The number of esters is 1. The van der Waals surface area contributed by atoms with Crippen molar-refractivity contribution in [3.63, 3.8) is 0 Å². The second-order valence-corrected chi connectivity index (χ2v) is 7.14. The number of hydrogen-bond acceptors (Lipinski definition) is 7. The van der Waals surface area contributed by atoms with Crippen LogP contribution in [0, 0.1) is 5.82 Å². The minimum Gasteiger partial charge on any atom is -0.494 e. The number of hydrogen-bond donors (Lipinski definition) is 2. The molecule has 2 rings (SSSR count). The molecule has 0 atom stereocenters. The summed E-state index contributed by atoms with van der Waals surface area (Å²) < 4.78 is 23.9. The van der Waals surface area contributed by atoms with Crippen LogP contribution in [0.5, 0.6) is 5.75 Å². The number of nitrogens with one attached hydrogen (secondary N) is 1. The molecule has 0 aliphatic carbocycles. The summed E-state index contributed by atoms with van der Waals surface area (Å²) in [4.78, 5) is 26.8. The summed E-state index contributed by atoms with van der Waals surface area (Å²) in [6.45, 7) is 2.55. The number of nitrogens with zero attached hydrogens (tertiary/aromatic N) is 1. The quantitative estimate of drug-likeness (QED) is 0.651. The van der Waals surface area contributed by atoms with Crippen molar-refractivity contribution in [2.45, 2.75) is 20.0 Å². The van der Waals surface area contributed by atoms with Crippen molar-refractivity contribution in [1.82, 2.24) is 10.2 Å². The van der Waals surface area contributed by atoms with Crippen LogP contribution >= 0.6 is 11.3 Å². The van der Waals surface area contributed by atoms with Crippen LogP contribution in [-0.4, -0.2) is 44.6 Å². The lowest BCUT2D eigenvalue weighted by Gasteiger charge is -2.18. The van der Waals surface area contributed by atoms with Gasteiger partial charge in [-0.25, -0.2) is 9.18 Å². The van der Waals surface area contributed by atoms with E-state index in [4.69, 9.17) is 15.2 Å². The molecule has 0 saturated carbocycles. The largest absolute Gasteiger partial charge is 0.494 e. The Bertz CT molecular complexity index is 869. The molecule has 9 heteroatoms. The number of ether oxygens (including phenoxy) is 2. The minimum absolute atomic E-state index is 0.170. The fourth-order valence-corrected chi connectivity index (χ4v) is 3.82. The van der Waals surface area contributed by atoms with Crippen LogP contribution in [0.25, 0.3) is 0 Å². The van der Waals surface area contributed by atoms with E-state index in [2.05, 4.69) is 5.32 Å². The highest BCUT2D eigenvalue weighted by atomic mass is 32.1. The van der Waals surface area contributed by atoms with Gasteiger partial charge in [-0.05, 0) is 31.7 Å². The number of benzene rings is 1. The molecule has 7 nitrogen and oxygen atoms in total. The Morgan fingerprint density at radius 3 is 2.61 bits per heavy atom. The number of halogens is 1. The second kappa shape index (κ2) is 9.52.